The molecule has 1 aliphatic heterocycles. The van der Waals surface area contributed by atoms with Crippen LogP contribution in [0.4, 0.5) is 0 Å². The van der Waals surface area contributed by atoms with E-state index in [1.807, 2.05) is 0 Å². The molecule has 3 heteroatoms. The van der Waals surface area contributed by atoms with Crippen molar-refractivity contribution in [2.24, 2.45) is 0 Å². The zero-order chi connectivity index (χ0) is 7.61. The summed E-state index contributed by atoms with van der Waals surface area (Å²) in [7, 11) is 0. The maximum atomic E-state index is 9.56. The van der Waals surface area contributed by atoms with Crippen LogP contribution in [0.5, 0.6) is 0 Å². The molecule has 1 unspecified atom stereocenters. The van der Waals surface area contributed by atoms with Crippen LogP contribution in [0.2, 0.25) is 0 Å². The maximum Gasteiger partial charge on any atom is 0.0949 e. The van der Waals surface area contributed by atoms with Crippen molar-refractivity contribution in [3.05, 3.63) is 6.92 Å². The second-order valence-corrected chi connectivity index (χ2v) is 2.73. The Labute approximate surface area is 60.6 Å². The highest BCUT2D eigenvalue weighted by Crippen LogP contribution is 2.23. The van der Waals surface area contributed by atoms with E-state index >= 15 is 0 Å². The fourth-order valence-corrected chi connectivity index (χ4v) is 1.06. The van der Waals surface area contributed by atoms with Crippen LogP contribution in [0.25, 0.3) is 0 Å². The number of ether oxygens (including phenoxy) is 1. The van der Waals surface area contributed by atoms with E-state index in [0.29, 0.717) is 26.1 Å². The quantitative estimate of drug-likeness (QED) is 0.533. The van der Waals surface area contributed by atoms with Gasteiger partial charge in [0.1, 0.15) is 0 Å². The average molecular weight is 145 g/mol. The summed E-state index contributed by atoms with van der Waals surface area (Å²) in [6.45, 7) is 4.42. The van der Waals surface area contributed by atoms with Crippen molar-refractivity contribution >= 4 is 0 Å². The minimum Gasteiger partial charge on any atom is -0.390 e. The van der Waals surface area contributed by atoms with Crippen molar-refractivity contribution in [2.75, 3.05) is 13.2 Å². The summed E-state index contributed by atoms with van der Waals surface area (Å²) in [5, 5.41) is 18.6. The lowest BCUT2D eigenvalue weighted by Gasteiger charge is -2.34. The molecular formula is C7H13O3. The van der Waals surface area contributed by atoms with Crippen LogP contribution in [0, 0.1) is 6.92 Å². The van der Waals surface area contributed by atoms with Gasteiger partial charge in [0.2, 0.25) is 0 Å². The molecule has 0 aromatic carbocycles. The molecule has 0 saturated carbocycles. The summed E-state index contributed by atoms with van der Waals surface area (Å²) in [6.07, 6.45) is 0.0754. The van der Waals surface area contributed by atoms with E-state index in [-0.39, 0.29) is 0 Å². The average Bonchev–Trinajstić information content (AvgIpc) is 1.89. The summed E-state index contributed by atoms with van der Waals surface area (Å²) in [5.41, 5.74) is -1.00. The molecule has 0 bridgehead atoms. The number of aliphatic hydroxyl groups excluding tert-OH is 1. The van der Waals surface area contributed by atoms with E-state index in [1.54, 1.807) is 0 Å². The van der Waals surface area contributed by atoms with Crippen LogP contribution in [0.1, 0.15) is 12.8 Å². The van der Waals surface area contributed by atoms with Crippen LogP contribution in [0.15, 0.2) is 0 Å². The summed E-state index contributed by atoms with van der Waals surface area (Å²) in [5.74, 6) is 0. The monoisotopic (exact) mass is 145 g/mol. The fourth-order valence-electron chi connectivity index (χ4n) is 1.06. The zero-order valence-electron chi connectivity index (χ0n) is 5.92. The van der Waals surface area contributed by atoms with E-state index in [9.17, 15) is 5.11 Å². The normalized spacial score (nSPS) is 27.9. The molecule has 0 aliphatic carbocycles. The summed E-state index contributed by atoms with van der Waals surface area (Å²) in [6, 6.07) is 0. The molecule has 1 saturated heterocycles. The van der Waals surface area contributed by atoms with Crippen LogP contribution in [-0.4, -0.2) is 35.1 Å². The maximum absolute atomic E-state index is 9.56. The van der Waals surface area contributed by atoms with Gasteiger partial charge in [0.05, 0.1) is 11.7 Å². The van der Waals surface area contributed by atoms with Gasteiger partial charge in [0, 0.05) is 26.1 Å². The molecule has 0 amide bonds. The Morgan fingerprint density at radius 2 is 1.90 bits per heavy atom. The second kappa shape index (κ2) is 2.86. The Bertz CT molecular complexity index is 105. The van der Waals surface area contributed by atoms with Crippen molar-refractivity contribution in [3.63, 3.8) is 0 Å². The van der Waals surface area contributed by atoms with Gasteiger partial charge < -0.3 is 14.9 Å². The number of hydrogen-bond acceptors (Lipinski definition) is 3. The molecule has 2 N–H and O–H groups in total. The topological polar surface area (TPSA) is 49.7 Å². The van der Waals surface area contributed by atoms with Gasteiger partial charge in [0.25, 0.3) is 0 Å². The first-order valence-corrected chi connectivity index (χ1v) is 3.46. The first-order chi connectivity index (χ1) is 4.65. The lowest BCUT2D eigenvalue weighted by Crippen LogP contribution is -2.45. The van der Waals surface area contributed by atoms with E-state index in [0.717, 1.165) is 0 Å². The third kappa shape index (κ3) is 1.48. The van der Waals surface area contributed by atoms with E-state index in [1.165, 1.54) is 0 Å². The first kappa shape index (κ1) is 7.98. The molecule has 3 nitrogen and oxygen atoms in total. The predicted octanol–water partition coefficient (Wildman–Crippen LogP) is -0.277. The molecule has 0 aromatic rings. The second-order valence-electron chi connectivity index (χ2n) is 2.73. The van der Waals surface area contributed by atoms with Crippen molar-refractivity contribution in [1.82, 2.24) is 0 Å². The number of hydrogen-bond donors (Lipinski definition) is 2. The van der Waals surface area contributed by atoms with Crippen molar-refractivity contribution in [2.45, 2.75) is 24.5 Å². The Kier molecular flexibility index (Phi) is 2.28. The fraction of sp³-hybridized carbons (Fsp3) is 0.857. The molecule has 10 heavy (non-hydrogen) atoms. The zero-order valence-corrected chi connectivity index (χ0v) is 5.92. The van der Waals surface area contributed by atoms with Crippen LogP contribution in [-0.2, 0) is 4.74 Å². The molecule has 1 aliphatic rings. The number of aliphatic hydroxyl groups is 2. The SMILES string of the molecule is [CH2]C(O)C1(O)CCOCC1. The Balaban J connectivity index is 2.48. The lowest BCUT2D eigenvalue weighted by molar-refractivity contribution is -0.117. The highest BCUT2D eigenvalue weighted by Gasteiger charge is 2.34. The van der Waals surface area contributed by atoms with Gasteiger partial charge in [-0.05, 0) is 6.92 Å². The Hall–Kier alpha value is -0.120. The Morgan fingerprint density at radius 3 is 2.20 bits per heavy atom. The summed E-state index contributed by atoms with van der Waals surface area (Å²) < 4.78 is 5.02. The van der Waals surface area contributed by atoms with Gasteiger partial charge in [-0.3, -0.25) is 0 Å². The molecule has 59 valence electrons. The standard InChI is InChI=1S/C7H13O3/c1-6(8)7(9)2-4-10-5-3-7/h6,8-9H,1-5H2. The lowest BCUT2D eigenvalue weighted by atomic mass is 9.89. The molecule has 1 radical (unpaired) electrons. The van der Waals surface area contributed by atoms with E-state index in [2.05, 4.69) is 6.92 Å². The van der Waals surface area contributed by atoms with Crippen LogP contribution in [0.3, 0.4) is 0 Å². The van der Waals surface area contributed by atoms with E-state index < -0.39 is 11.7 Å². The van der Waals surface area contributed by atoms with Crippen LogP contribution >= 0.6 is 0 Å². The smallest absolute Gasteiger partial charge is 0.0949 e. The van der Waals surface area contributed by atoms with Crippen LogP contribution < -0.4 is 0 Å². The van der Waals surface area contributed by atoms with Crippen molar-refractivity contribution < 1.29 is 14.9 Å². The van der Waals surface area contributed by atoms with Gasteiger partial charge in [-0.25, -0.2) is 0 Å². The van der Waals surface area contributed by atoms with Gasteiger partial charge in [-0.2, -0.15) is 0 Å². The molecule has 1 atom stereocenters. The van der Waals surface area contributed by atoms with Gasteiger partial charge in [-0.1, -0.05) is 0 Å². The summed E-state index contributed by atoms with van der Waals surface area (Å²) in [4.78, 5) is 0. The molecular weight excluding hydrogens is 132 g/mol. The predicted molar refractivity (Wildman–Crippen MR) is 36.4 cm³/mol. The van der Waals surface area contributed by atoms with Crippen molar-refractivity contribution in [3.8, 4) is 0 Å². The third-order valence-corrected chi connectivity index (χ3v) is 1.98. The highest BCUT2D eigenvalue weighted by molar-refractivity contribution is 4.89. The Morgan fingerprint density at radius 1 is 1.40 bits per heavy atom. The third-order valence-electron chi connectivity index (χ3n) is 1.98. The van der Waals surface area contributed by atoms with E-state index in [4.69, 9.17) is 9.84 Å². The minimum absolute atomic E-state index is 0.484. The molecule has 1 rings (SSSR count). The van der Waals surface area contributed by atoms with Gasteiger partial charge in [0.15, 0.2) is 0 Å². The minimum atomic E-state index is -1.00. The first-order valence-electron chi connectivity index (χ1n) is 3.46. The van der Waals surface area contributed by atoms with Gasteiger partial charge >= 0.3 is 0 Å². The largest absolute Gasteiger partial charge is 0.390 e. The molecule has 0 aromatic heterocycles. The van der Waals surface area contributed by atoms with Crippen molar-refractivity contribution in [1.29, 1.82) is 0 Å². The van der Waals surface area contributed by atoms with Gasteiger partial charge in [-0.15, -0.1) is 0 Å². The molecule has 0 spiro atoms. The summed E-state index contributed by atoms with van der Waals surface area (Å²) >= 11 is 0. The molecule has 1 heterocycles. The molecule has 1 fully saturated rings. The number of rotatable bonds is 1. The highest BCUT2D eigenvalue weighted by atomic mass is 16.5.